The Morgan fingerprint density at radius 1 is 0.842 bits per heavy atom. The zero-order chi connectivity index (χ0) is 12.3. The predicted molar refractivity (Wildman–Crippen MR) is 84.4 cm³/mol. The van der Waals surface area contributed by atoms with Gasteiger partial charge in [0.15, 0.2) is 0 Å². The normalized spacial score (nSPS) is 11.1. The summed E-state index contributed by atoms with van der Waals surface area (Å²) < 4.78 is 0. The Hall–Kier alpha value is -0.770. The van der Waals surface area contributed by atoms with Crippen molar-refractivity contribution in [1.82, 2.24) is 0 Å². The first kappa shape index (κ1) is 18.2. The summed E-state index contributed by atoms with van der Waals surface area (Å²) in [5, 5.41) is 1.47. The third-order valence-electron chi connectivity index (χ3n) is 2.67. The molecule has 0 fully saturated rings. The molecule has 0 bridgehead atoms. The highest BCUT2D eigenvalue weighted by Crippen LogP contribution is 2.19. The number of benzene rings is 2. The third-order valence-corrected chi connectivity index (χ3v) is 3.17. The quantitative estimate of drug-likeness (QED) is 0.918. The molecule has 4 N–H and O–H groups in total. The van der Waals surface area contributed by atoms with Crippen molar-refractivity contribution in [3.05, 3.63) is 69.7 Å². The van der Waals surface area contributed by atoms with E-state index in [0.717, 1.165) is 22.0 Å². The molecule has 0 aliphatic heterocycles. The summed E-state index contributed by atoms with van der Waals surface area (Å²) in [6, 6.07) is 15.4. The van der Waals surface area contributed by atoms with Crippen LogP contribution in [-0.4, -0.2) is 5.48 Å². The fraction of sp³-hybridized carbons (Fsp3) is 0.143. The van der Waals surface area contributed by atoms with Crippen molar-refractivity contribution < 1.29 is 5.48 Å². The molecule has 2 nitrogen and oxygen atoms in total. The molecule has 0 aliphatic carbocycles. The van der Waals surface area contributed by atoms with Gasteiger partial charge in [-0.1, -0.05) is 47.5 Å². The van der Waals surface area contributed by atoms with Crippen LogP contribution in [0.2, 0.25) is 10.0 Å². The minimum absolute atomic E-state index is 0. The van der Waals surface area contributed by atoms with E-state index in [1.807, 2.05) is 48.5 Å². The van der Waals surface area contributed by atoms with Gasteiger partial charge in [0.05, 0.1) is 0 Å². The van der Waals surface area contributed by atoms with Gasteiger partial charge in [0, 0.05) is 16.1 Å². The van der Waals surface area contributed by atoms with Crippen LogP contribution in [0, 0.1) is 0 Å². The summed E-state index contributed by atoms with van der Waals surface area (Å²) in [5.41, 5.74) is 8.40. The Balaban J connectivity index is 0.00000162. The smallest absolute Gasteiger partial charge is 0.0406 e. The lowest BCUT2D eigenvalue weighted by Gasteiger charge is -2.12. The number of hydrogen-bond donors (Lipinski definition) is 1. The van der Waals surface area contributed by atoms with Crippen molar-refractivity contribution in [2.24, 2.45) is 5.73 Å². The Morgan fingerprint density at radius 2 is 1.26 bits per heavy atom. The van der Waals surface area contributed by atoms with Gasteiger partial charge in [0.25, 0.3) is 0 Å². The lowest BCUT2D eigenvalue weighted by molar-refractivity contribution is 0.722. The van der Waals surface area contributed by atoms with E-state index < -0.39 is 0 Å². The van der Waals surface area contributed by atoms with E-state index in [4.69, 9.17) is 28.9 Å². The molecule has 2 rings (SSSR count). The summed E-state index contributed by atoms with van der Waals surface area (Å²) >= 11 is 11.7. The van der Waals surface area contributed by atoms with E-state index in [1.54, 1.807) is 0 Å². The highest BCUT2D eigenvalue weighted by molar-refractivity contribution is 6.30. The molecule has 5 heteroatoms. The Kier molecular flexibility index (Phi) is 8.07. The third kappa shape index (κ3) is 5.39. The molecule has 0 aliphatic rings. The molecule has 2 aromatic carbocycles. The fourth-order valence-corrected chi connectivity index (χ4v) is 1.95. The van der Waals surface area contributed by atoms with Gasteiger partial charge in [-0.2, -0.15) is 0 Å². The molecular formula is C14H16Cl3NO. The van der Waals surface area contributed by atoms with Gasteiger partial charge in [0.1, 0.15) is 0 Å². The van der Waals surface area contributed by atoms with Crippen molar-refractivity contribution >= 4 is 35.6 Å². The highest BCUT2D eigenvalue weighted by atomic mass is 35.5. The topological polar surface area (TPSA) is 57.5 Å². The minimum Gasteiger partial charge on any atom is -0.412 e. The average Bonchev–Trinajstić information content (AvgIpc) is 2.33. The number of halogens is 3. The van der Waals surface area contributed by atoms with Gasteiger partial charge >= 0.3 is 0 Å². The Morgan fingerprint density at radius 3 is 1.74 bits per heavy atom. The van der Waals surface area contributed by atoms with Crippen molar-refractivity contribution in [2.75, 3.05) is 0 Å². The van der Waals surface area contributed by atoms with E-state index in [0.29, 0.717) is 0 Å². The van der Waals surface area contributed by atoms with Crippen LogP contribution in [0.1, 0.15) is 17.2 Å². The maximum Gasteiger partial charge on any atom is 0.0406 e. The van der Waals surface area contributed by atoms with Crippen LogP contribution in [0.3, 0.4) is 0 Å². The standard InChI is InChI=1S/C14H13Cl2N.ClH.H2O/c15-12-5-1-10(2-6-12)9-14(17)11-3-7-13(16)8-4-11;;/h1-8,14H,9,17H2;1H;1H2. The molecule has 0 amide bonds. The molecule has 19 heavy (non-hydrogen) atoms. The van der Waals surface area contributed by atoms with Gasteiger partial charge in [-0.3, -0.25) is 0 Å². The summed E-state index contributed by atoms with van der Waals surface area (Å²) in [4.78, 5) is 0. The van der Waals surface area contributed by atoms with Crippen LogP contribution in [0.4, 0.5) is 0 Å². The first-order chi connectivity index (χ1) is 8.15. The fourth-order valence-electron chi connectivity index (χ4n) is 1.70. The van der Waals surface area contributed by atoms with Crippen molar-refractivity contribution in [1.29, 1.82) is 0 Å². The molecule has 1 atom stereocenters. The molecule has 0 spiro atoms. The Bertz CT molecular complexity index is 485. The molecule has 0 saturated carbocycles. The zero-order valence-electron chi connectivity index (χ0n) is 10.1. The second-order valence-electron chi connectivity index (χ2n) is 3.99. The summed E-state index contributed by atoms with van der Waals surface area (Å²) in [6.07, 6.45) is 0.790. The molecule has 104 valence electrons. The second-order valence-corrected chi connectivity index (χ2v) is 4.86. The second kappa shape index (κ2) is 8.41. The molecule has 1 unspecified atom stereocenters. The molecule has 0 saturated heterocycles. The zero-order valence-corrected chi connectivity index (χ0v) is 12.5. The molecule has 0 heterocycles. The van der Waals surface area contributed by atoms with Gasteiger partial charge in [-0.05, 0) is 41.8 Å². The largest absolute Gasteiger partial charge is 0.412 e. The number of rotatable bonds is 3. The maximum absolute atomic E-state index is 6.14. The highest BCUT2D eigenvalue weighted by Gasteiger charge is 2.06. The van der Waals surface area contributed by atoms with Crippen LogP contribution in [0.15, 0.2) is 48.5 Å². The summed E-state index contributed by atoms with van der Waals surface area (Å²) in [7, 11) is 0. The molecule has 0 aromatic heterocycles. The van der Waals surface area contributed by atoms with Crippen LogP contribution >= 0.6 is 35.6 Å². The van der Waals surface area contributed by atoms with Crippen molar-refractivity contribution in [2.45, 2.75) is 12.5 Å². The van der Waals surface area contributed by atoms with Gasteiger partial charge in [0.2, 0.25) is 0 Å². The Labute approximate surface area is 129 Å². The van der Waals surface area contributed by atoms with Gasteiger partial charge < -0.3 is 11.2 Å². The predicted octanol–water partition coefficient (Wildman–Crippen LogP) is 3.83. The van der Waals surface area contributed by atoms with E-state index in [9.17, 15) is 0 Å². The van der Waals surface area contributed by atoms with Gasteiger partial charge in [-0.25, -0.2) is 0 Å². The van der Waals surface area contributed by atoms with Gasteiger partial charge in [-0.15, -0.1) is 12.4 Å². The summed E-state index contributed by atoms with van der Waals surface area (Å²) in [5.74, 6) is 0. The van der Waals surface area contributed by atoms with E-state index in [-0.39, 0.29) is 23.9 Å². The van der Waals surface area contributed by atoms with E-state index in [2.05, 4.69) is 0 Å². The van der Waals surface area contributed by atoms with Crippen molar-refractivity contribution in [3.8, 4) is 0 Å². The van der Waals surface area contributed by atoms with Crippen LogP contribution < -0.4 is 5.73 Å². The number of hydrogen-bond acceptors (Lipinski definition) is 1. The van der Waals surface area contributed by atoms with Crippen LogP contribution in [0.25, 0.3) is 0 Å². The SMILES string of the molecule is Cl.NC(Cc1ccc(Cl)cc1)c1ccc(Cl)cc1.O. The maximum atomic E-state index is 6.14. The monoisotopic (exact) mass is 319 g/mol. The molecular weight excluding hydrogens is 305 g/mol. The first-order valence-corrected chi connectivity index (χ1v) is 6.16. The summed E-state index contributed by atoms with van der Waals surface area (Å²) in [6.45, 7) is 0. The molecule has 0 radical (unpaired) electrons. The van der Waals surface area contributed by atoms with E-state index >= 15 is 0 Å². The lowest BCUT2D eigenvalue weighted by Crippen LogP contribution is -2.13. The van der Waals surface area contributed by atoms with E-state index in [1.165, 1.54) is 5.56 Å². The lowest BCUT2D eigenvalue weighted by atomic mass is 10.00. The van der Waals surface area contributed by atoms with Crippen LogP contribution in [0.5, 0.6) is 0 Å². The average molecular weight is 321 g/mol. The van der Waals surface area contributed by atoms with Crippen LogP contribution in [-0.2, 0) is 6.42 Å². The molecule has 2 aromatic rings. The minimum atomic E-state index is -0.0200. The van der Waals surface area contributed by atoms with Crippen molar-refractivity contribution in [3.63, 3.8) is 0 Å². The number of nitrogens with two attached hydrogens (primary N) is 1. The first-order valence-electron chi connectivity index (χ1n) is 5.40.